The fourth-order valence-corrected chi connectivity index (χ4v) is 2.64. The molecule has 0 saturated carbocycles. The third-order valence-corrected chi connectivity index (χ3v) is 3.56. The molecule has 106 valence electrons. The molecule has 0 bridgehead atoms. The maximum absolute atomic E-state index is 6.10. The van der Waals surface area contributed by atoms with Crippen molar-refractivity contribution in [3.63, 3.8) is 0 Å². The number of fused-ring (bicyclic) bond motifs is 1. The molecule has 0 aliphatic heterocycles. The Balaban J connectivity index is 2.30. The minimum atomic E-state index is 0.677. The van der Waals surface area contributed by atoms with Crippen LogP contribution in [0.25, 0.3) is 22.4 Å². The van der Waals surface area contributed by atoms with Gasteiger partial charge in [0.1, 0.15) is 11.3 Å². The lowest BCUT2D eigenvalue weighted by Crippen LogP contribution is -2.01. The van der Waals surface area contributed by atoms with Crippen LogP contribution in [-0.2, 0) is 6.54 Å². The number of nitrogens with two attached hydrogens (primary N) is 1. The first-order valence-electron chi connectivity index (χ1n) is 6.71. The Hall–Kier alpha value is -2.26. The maximum Gasteiger partial charge on any atom is 0.141 e. The van der Waals surface area contributed by atoms with Gasteiger partial charge >= 0.3 is 0 Å². The Labute approximate surface area is 128 Å². The van der Waals surface area contributed by atoms with Gasteiger partial charge in [-0.3, -0.25) is 0 Å². The molecule has 2 aromatic carbocycles. The van der Waals surface area contributed by atoms with Crippen molar-refractivity contribution in [2.45, 2.75) is 13.5 Å². The highest BCUT2D eigenvalue weighted by Gasteiger charge is 2.14. The molecule has 0 aliphatic rings. The van der Waals surface area contributed by atoms with Gasteiger partial charge in [0.05, 0.1) is 11.2 Å². The Morgan fingerprint density at radius 1 is 1.29 bits per heavy atom. The highest BCUT2D eigenvalue weighted by atomic mass is 35.5. The zero-order chi connectivity index (χ0) is 15.0. The zero-order valence-electron chi connectivity index (χ0n) is 11.8. The van der Waals surface area contributed by atoms with Gasteiger partial charge in [-0.2, -0.15) is 0 Å². The number of hydrogen-bond acceptors (Lipinski definition) is 2. The van der Waals surface area contributed by atoms with Gasteiger partial charge in [-0.1, -0.05) is 42.0 Å². The molecule has 0 atom stereocenters. The molecule has 1 aromatic heterocycles. The van der Waals surface area contributed by atoms with E-state index in [1.165, 1.54) is 0 Å². The fraction of sp³-hybridized carbons (Fsp3) is 0.118. The van der Waals surface area contributed by atoms with E-state index in [9.17, 15) is 0 Å². The number of nitrogens with zero attached hydrogens (tertiary/aromatic N) is 2. The van der Waals surface area contributed by atoms with Crippen LogP contribution in [0.4, 0.5) is 5.69 Å². The van der Waals surface area contributed by atoms with Gasteiger partial charge in [0.2, 0.25) is 0 Å². The number of para-hydroxylation sites is 1. The summed E-state index contributed by atoms with van der Waals surface area (Å²) >= 11 is 6.10. The average Bonchev–Trinajstić information content (AvgIpc) is 2.79. The summed E-state index contributed by atoms with van der Waals surface area (Å²) < 4.78 is 2.12. The van der Waals surface area contributed by atoms with E-state index in [1.807, 2.05) is 49.4 Å². The predicted octanol–water partition coefficient (Wildman–Crippen LogP) is 4.52. The molecular weight excluding hydrogens is 282 g/mol. The Kier molecular flexibility index (Phi) is 3.43. The van der Waals surface area contributed by atoms with Gasteiger partial charge in [0.25, 0.3) is 0 Å². The normalized spacial score (nSPS) is 11.0. The smallest absolute Gasteiger partial charge is 0.141 e. The van der Waals surface area contributed by atoms with E-state index in [4.69, 9.17) is 22.3 Å². The van der Waals surface area contributed by atoms with Crippen LogP contribution in [0.2, 0.25) is 5.02 Å². The van der Waals surface area contributed by atoms with E-state index in [0.717, 1.165) is 28.0 Å². The van der Waals surface area contributed by atoms with Crippen LogP contribution in [0.15, 0.2) is 54.6 Å². The van der Waals surface area contributed by atoms with E-state index >= 15 is 0 Å². The molecule has 0 saturated heterocycles. The number of anilines is 1. The second kappa shape index (κ2) is 5.26. The number of rotatable bonds is 3. The first kappa shape index (κ1) is 13.7. The van der Waals surface area contributed by atoms with Crippen molar-refractivity contribution in [2.24, 2.45) is 0 Å². The van der Waals surface area contributed by atoms with Crippen LogP contribution in [0.3, 0.4) is 0 Å². The summed E-state index contributed by atoms with van der Waals surface area (Å²) in [6.45, 7) is 6.70. The average molecular weight is 298 g/mol. The molecule has 3 rings (SSSR count). The molecule has 21 heavy (non-hydrogen) atoms. The third kappa shape index (κ3) is 2.52. The molecule has 3 aromatic rings. The molecule has 0 fully saturated rings. The third-order valence-electron chi connectivity index (χ3n) is 3.32. The SMILES string of the molecule is C=C(C)Cn1c(-c2cccc(Cl)c2)nc2c(N)cccc21. The minimum Gasteiger partial charge on any atom is -0.397 e. The van der Waals surface area contributed by atoms with E-state index in [1.54, 1.807) is 0 Å². The van der Waals surface area contributed by atoms with Gasteiger partial charge in [-0.05, 0) is 31.2 Å². The summed E-state index contributed by atoms with van der Waals surface area (Å²) in [7, 11) is 0. The van der Waals surface area contributed by atoms with Gasteiger partial charge in [-0.15, -0.1) is 0 Å². The molecule has 0 aliphatic carbocycles. The maximum atomic E-state index is 6.10. The number of benzene rings is 2. The van der Waals surface area contributed by atoms with Gasteiger partial charge in [0, 0.05) is 17.1 Å². The number of allylic oxidation sites excluding steroid dienone is 1. The topological polar surface area (TPSA) is 43.8 Å². The summed E-state index contributed by atoms with van der Waals surface area (Å²) in [5, 5.41) is 0.689. The second-order valence-electron chi connectivity index (χ2n) is 5.20. The van der Waals surface area contributed by atoms with Crippen molar-refractivity contribution < 1.29 is 0 Å². The quantitative estimate of drug-likeness (QED) is 0.571. The van der Waals surface area contributed by atoms with Crippen molar-refractivity contribution in [1.82, 2.24) is 9.55 Å². The molecular formula is C17H16ClN3. The number of halogens is 1. The molecule has 2 N–H and O–H groups in total. The van der Waals surface area contributed by atoms with E-state index in [2.05, 4.69) is 11.1 Å². The summed E-state index contributed by atoms with van der Waals surface area (Å²) in [5.41, 5.74) is 10.6. The van der Waals surface area contributed by atoms with E-state index < -0.39 is 0 Å². The first-order valence-corrected chi connectivity index (χ1v) is 7.09. The number of aromatic nitrogens is 2. The number of nitrogen functional groups attached to an aromatic ring is 1. The van der Waals surface area contributed by atoms with Crippen LogP contribution in [0.5, 0.6) is 0 Å². The standard InChI is InChI=1S/C17H16ClN3/c1-11(2)10-21-15-8-4-7-14(19)16(15)20-17(21)12-5-3-6-13(18)9-12/h3-9H,1,10,19H2,2H3. The van der Waals surface area contributed by atoms with Crippen LogP contribution in [0, 0.1) is 0 Å². The van der Waals surface area contributed by atoms with Crippen LogP contribution in [-0.4, -0.2) is 9.55 Å². The van der Waals surface area contributed by atoms with Crippen molar-refractivity contribution in [2.75, 3.05) is 5.73 Å². The second-order valence-corrected chi connectivity index (χ2v) is 5.64. The van der Waals surface area contributed by atoms with Gasteiger partial charge < -0.3 is 10.3 Å². The fourth-order valence-electron chi connectivity index (χ4n) is 2.45. The van der Waals surface area contributed by atoms with Crippen molar-refractivity contribution >= 4 is 28.3 Å². The summed E-state index contributed by atoms with van der Waals surface area (Å²) in [4.78, 5) is 4.71. The van der Waals surface area contributed by atoms with Crippen molar-refractivity contribution in [3.8, 4) is 11.4 Å². The van der Waals surface area contributed by atoms with Crippen molar-refractivity contribution in [3.05, 3.63) is 59.6 Å². The van der Waals surface area contributed by atoms with Crippen molar-refractivity contribution in [1.29, 1.82) is 0 Å². The Bertz CT molecular complexity index is 833. The van der Waals surface area contributed by atoms with Crippen LogP contribution in [0.1, 0.15) is 6.92 Å². The summed E-state index contributed by atoms with van der Waals surface area (Å²) in [6, 6.07) is 13.5. The molecule has 0 radical (unpaired) electrons. The van der Waals surface area contributed by atoms with Crippen LogP contribution < -0.4 is 5.73 Å². The first-order chi connectivity index (χ1) is 10.1. The zero-order valence-corrected chi connectivity index (χ0v) is 12.6. The van der Waals surface area contributed by atoms with Gasteiger partial charge in [-0.25, -0.2) is 4.98 Å². The number of hydrogen-bond donors (Lipinski definition) is 1. The predicted molar refractivity (Wildman–Crippen MR) is 89.4 cm³/mol. The minimum absolute atomic E-state index is 0.677. The van der Waals surface area contributed by atoms with Crippen LogP contribution >= 0.6 is 11.6 Å². The Morgan fingerprint density at radius 2 is 2.05 bits per heavy atom. The number of imidazole rings is 1. The highest BCUT2D eigenvalue weighted by Crippen LogP contribution is 2.29. The Morgan fingerprint density at radius 3 is 2.76 bits per heavy atom. The lowest BCUT2D eigenvalue weighted by molar-refractivity contribution is 0.820. The molecule has 0 spiro atoms. The summed E-state index contributed by atoms with van der Waals surface area (Å²) in [5.74, 6) is 0.855. The lowest BCUT2D eigenvalue weighted by Gasteiger charge is -2.09. The lowest BCUT2D eigenvalue weighted by atomic mass is 10.2. The molecule has 0 amide bonds. The molecule has 0 unspecified atom stereocenters. The molecule has 3 nitrogen and oxygen atoms in total. The van der Waals surface area contributed by atoms with E-state index in [0.29, 0.717) is 17.3 Å². The molecule has 4 heteroatoms. The monoisotopic (exact) mass is 297 g/mol. The van der Waals surface area contributed by atoms with E-state index in [-0.39, 0.29) is 0 Å². The summed E-state index contributed by atoms with van der Waals surface area (Å²) in [6.07, 6.45) is 0. The highest BCUT2D eigenvalue weighted by molar-refractivity contribution is 6.30. The molecule has 1 heterocycles. The van der Waals surface area contributed by atoms with Gasteiger partial charge in [0.15, 0.2) is 0 Å². The largest absolute Gasteiger partial charge is 0.397 e.